The van der Waals surface area contributed by atoms with E-state index in [1.165, 1.54) is 5.56 Å². The summed E-state index contributed by atoms with van der Waals surface area (Å²) in [5.74, 6) is 0.921. The van der Waals surface area contributed by atoms with Crippen LogP contribution in [0.5, 0.6) is 5.75 Å². The monoisotopic (exact) mass is 278 g/mol. The average Bonchev–Trinajstić information content (AvgIpc) is 2.52. The zero-order valence-electron chi connectivity index (χ0n) is 12.7. The summed E-state index contributed by atoms with van der Waals surface area (Å²) in [4.78, 5) is 2.44. The van der Waals surface area contributed by atoms with Crippen molar-refractivity contribution in [3.05, 3.63) is 29.3 Å². The standard InChI is InChI=1S/C16H26N2O2/c1-3-14-4-5-16(19-2)15(12-14)13-20-11-10-18-8-6-17-7-9-18/h4-5,12,17H,3,6-11,13H2,1-2H3. The quantitative estimate of drug-likeness (QED) is 0.770. The summed E-state index contributed by atoms with van der Waals surface area (Å²) in [5, 5.41) is 3.36. The van der Waals surface area contributed by atoms with Crippen molar-refractivity contribution in [1.82, 2.24) is 10.2 Å². The highest BCUT2D eigenvalue weighted by Gasteiger charge is 2.09. The van der Waals surface area contributed by atoms with Crippen LogP contribution in [-0.2, 0) is 17.8 Å². The molecule has 1 aliphatic rings. The number of piperazine rings is 1. The van der Waals surface area contributed by atoms with E-state index in [4.69, 9.17) is 9.47 Å². The molecule has 0 aromatic heterocycles. The summed E-state index contributed by atoms with van der Waals surface area (Å²) in [6.45, 7) is 9.01. The van der Waals surface area contributed by atoms with Gasteiger partial charge in [0.1, 0.15) is 5.75 Å². The van der Waals surface area contributed by atoms with Gasteiger partial charge in [0.15, 0.2) is 0 Å². The maximum absolute atomic E-state index is 5.82. The smallest absolute Gasteiger partial charge is 0.124 e. The maximum atomic E-state index is 5.82. The number of methoxy groups -OCH3 is 1. The third-order valence-corrected chi connectivity index (χ3v) is 3.77. The molecule has 112 valence electrons. The zero-order valence-corrected chi connectivity index (χ0v) is 12.7. The zero-order chi connectivity index (χ0) is 14.2. The van der Waals surface area contributed by atoms with E-state index in [0.29, 0.717) is 6.61 Å². The lowest BCUT2D eigenvalue weighted by molar-refractivity contribution is 0.0874. The Kier molecular flexibility index (Phi) is 6.30. The molecule has 0 saturated carbocycles. The number of nitrogens with one attached hydrogen (secondary N) is 1. The predicted molar refractivity (Wildman–Crippen MR) is 81.3 cm³/mol. The van der Waals surface area contributed by atoms with Crippen LogP contribution in [0.15, 0.2) is 18.2 Å². The molecule has 4 heteroatoms. The van der Waals surface area contributed by atoms with Crippen LogP contribution in [0.3, 0.4) is 0 Å². The molecule has 0 aliphatic carbocycles. The van der Waals surface area contributed by atoms with Gasteiger partial charge in [-0.1, -0.05) is 13.0 Å². The summed E-state index contributed by atoms with van der Waals surface area (Å²) in [7, 11) is 1.71. The molecule has 0 atom stereocenters. The summed E-state index contributed by atoms with van der Waals surface area (Å²) >= 11 is 0. The minimum Gasteiger partial charge on any atom is -0.496 e. The average molecular weight is 278 g/mol. The molecule has 0 unspecified atom stereocenters. The molecule has 0 amide bonds. The molecule has 1 saturated heterocycles. The Morgan fingerprint density at radius 3 is 2.75 bits per heavy atom. The van der Waals surface area contributed by atoms with E-state index in [0.717, 1.165) is 57.1 Å². The predicted octanol–water partition coefficient (Wildman–Crippen LogP) is 1.68. The van der Waals surface area contributed by atoms with Gasteiger partial charge in [0.25, 0.3) is 0 Å². The molecule has 1 aromatic carbocycles. The lowest BCUT2D eigenvalue weighted by Gasteiger charge is -2.26. The number of nitrogens with zero attached hydrogens (tertiary/aromatic N) is 1. The van der Waals surface area contributed by atoms with Crippen molar-refractivity contribution in [2.24, 2.45) is 0 Å². The molecule has 1 N–H and O–H groups in total. The molecule has 4 nitrogen and oxygen atoms in total. The highest BCUT2D eigenvalue weighted by molar-refractivity contribution is 5.36. The first-order chi connectivity index (χ1) is 9.83. The maximum Gasteiger partial charge on any atom is 0.124 e. The topological polar surface area (TPSA) is 33.7 Å². The minimum absolute atomic E-state index is 0.628. The molecule has 1 heterocycles. The molecule has 2 rings (SSSR count). The van der Waals surface area contributed by atoms with E-state index in [2.05, 4.69) is 29.3 Å². The fraction of sp³-hybridized carbons (Fsp3) is 0.625. The van der Waals surface area contributed by atoms with E-state index in [-0.39, 0.29) is 0 Å². The normalized spacial score (nSPS) is 16.3. The van der Waals surface area contributed by atoms with Crippen LogP contribution in [0.25, 0.3) is 0 Å². The Balaban J connectivity index is 1.77. The van der Waals surface area contributed by atoms with Gasteiger partial charge in [-0.15, -0.1) is 0 Å². The SMILES string of the molecule is CCc1ccc(OC)c(COCCN2CCNCC2)c1. The van der Waals surface area contributed by atoms with Crippen LogP contribution in [0.2, 0.25) is 0 Å². The van der Waals surface area contributed by atoms with Gasteiger partial charge in [-0.3, -0.25) is 4.90 Å². The second-order valence-electron chi connectivity index (χ2n) is 5.14. The number of benzene rings is 1. The first kappa shape index (κ1) is 15.3. The van der Waals surface area contributed by atoms with Gasteiger partial charge in [0.05, 0.1) is 20.3 Å². The van der Waals surface area contributed by atoms with Crippen LogP contribution in [0.1, 0.15) is 18.1 Å². The third kappa shape index (κ3) is 4.47. The third-order valence-electron chi connectivity index (χ3n) is 3.77. The molecule has 0 bridgehead atoms. The number of hydrogen-bond donors (Lipinski definition) is 1. The first-order valence-electron chi connectivity index (χ1n) is 7.50. The summed E-state index contributed by atoms with van der Waals surface area (Å²) in [5.41, 5.74) is 2.47. The van der Waals surface area contributed by atoms with E-state index in [9.17, 15) is 0 Å². The lowest BCUT2D eigenvalue weighted by atomic mass is 10.1. The molecule has 1 aliphatic heterocycles. The van der Waals surface area contributed by atoms with Crippen molar-refractivity contribution in [2.75, 3.05) is 46.4 Å². The Morgan fingerprint density at radius 1 is 1.25 bits per heavy atom. The van der Waals surface area contributed by atoms with Crippen LogP contribution in [-0.4, -0.2) is 51.3 Å². The van der Waals surface area contributed by atoms with Crippen molar-refractivity contribution in [1.29, 1.82) is 0 Å². The van der Waals surface area contributed by atoms with Gasteiger partial charge in [-0.25, -0.2) is 0 Å². The number of rotatable bonds is 7. The minimum atomic E-state index is 0.628. The fourth-order valence-electron chi connectivity index (χ4n) is 2.48. The van der Waals surface area contributed by atoms with Crippen molar-refractivity contribution in [3.8, 4) is 5.75 Å². The van der Waals surface area contributed by atoms with Crippen molar-refractivity contribution >= 4 is 0 Å². The van der Waals surface area contributed by atoms with E-state index in [1.807, 2.05) is 6.07 Å². The van der Waals surface area contributed by atoms with E-state index >= 15 is 0 Å². The molecular weight excluding hydrogens is 252 g/mol. The Morgan fingerprint density at radius 2 is 2.05 bits per heavy atom. The molecule has 20 heavy (non-hydrogen) atoms. The number of ether oxygens (including phenoxy) is 2. The number of aryl methyl sites for hydroxylation is 1. The van der Waals surface area contributed by atoms with Crippen LogP contribution in [0.4, 0.5) is 0 Å². The van der Waals surface area contributed by atoms with Gasteiger partial charge in [0, 0.05) is 38.3 Å². The summed E-state index contributed by atoms with van der Waals surface area (Å²) in [6, 6.07) is 6.33. The van der Waals surface area contributed by atoms with Gasteiger partial charge < -0.3 is 14.8 Å². The summed E-state index contributed by atoms with van der Waals surface area (Å²) < 4.78 is 11.2. The fourth-order valence-corrected chi connectivity index (χ4v) is 2.48. The van der Waals surface area contributed by atoms with E-state index in [1.54, 1.807) is 7.11 Å². The van der Waals surface area contributed by atoms with Gasteiger partial charge in [-0.05, 0) is 24.1 Å². The van der Waals surface area contributed by atoms with Crippen LogP contribution in [0, 0.1) is 0 Å². The largest absolute Gasteiger partial charge is 0.496 e. The van der Waals surface area contributed by atoms with Crippen LogP contribution < -0.4 is 10.1 Å². The lowest BCUT2D eigenvalue weighted by Crippen LogP contribution is -2.44. The van der Waals surface area contributed by atoms with Gasteiger partial charge in [0.2, 0.25) is 0 Å². The van der Waals surface area contributed by atoms with E-state index < -0.39 is 0 Å². The van der Waals surface area contributed by atoms with Crippen molar-refractivity contribution < 1.29 is 9.47 Å². The molecule has 1 fully saturated rings. The Labute approximate surface area is 122 Å². The highest BCUT2D eigenvalue weighted by Crippen LogP contribution is 2.21. The molecule has 1 aromatic rings. The van der Waals surface area contributed by atoms with Crippen molar-refractivity contribution in [2.45, 2.75) is 20.0 Å². The Hall–Kier alpha value is -1.10. The Bertz CT molecular complexity index is 403. The van der Waals surface area contributed by atoms with Crippen LogP contribution >= 0.6 is 0 Å². The second-order valence-corrected chi connectivity index (χ2v) is 5.14. The number of hydrogen-bond acceptors (Lipinski definition) is 4. The molecular formula is C16H26N2O2. The van der Waals surface area contributed by atoms with Gasteiger partial charge >= 0.3 is 0 Å². The highest BCUT2D eigenvalue weighted by atomic mass is 16.5. The summed E-state index contributed by atoms with van der Waals surface area (Å²) in [6.07, 6.45) is 1.04. The molecule has 0 radical (unpaired) electrons. The van der Waals surface area contributed by atoms with Gasteiger partial charge in [-0.2, -0.15) is 0 Å². The second kappa shape index (κ2) is 8.25. The van der Waals surface area contributed by atoms with Crippen molar-refractivity contribution in [3.63, 3.8) is 0 Å². The molecule has 0 spiro atoms. The first-order valence-corrected chi connectivity index (χ1v) is 7.50.